The lowest BCUT2D eigenvalue weighted by Crippen LogP contribution is -2.32. The minimum absolute atomic E-state index is 0.198. The van der Waals surface area contributed by atoms with E-state index in [2.05, 4.69) is 31.8 Å². The van der Waals surface area contributed by atoms with Gasteiger partial charge in [-0.25, -0.2) is 15.0 Å². The Morgan fingerprint density at radius 1 is 1.03 bits per heavy atom. The number of aryl methyl sites for hydroxylation is 2. The number of carbonyl (C=O) groups is 4. The van der Waals surface area contributed by atoms with Crippen LogP contribution < -0.4 is 15.5 Å². The molecule has 0 bridgehead atoms. The van der Waals surface area contributed by atoms with Gasteiger partial charge in [0.15, 0.2) is 0 Å². The summed E-state index contributed by atoms with van der Waals surface area (Å²) in [5.74, 6) is -2.86. The summed E-state index contributed by atoms with van der Waals surface area (Å²) in [5, 5.41) is 6.70. The molecular weight excluding hydrogens is 586 g/mol. The first-order valence-electron chi connectivity index (χ1n) is 12.3. The molecule has 202 valence electrons. The van der Waals surface area contributed by atoms with E-state index in [1.54, 1.807) is 37.3 Å². The molecule has 1 aliphatic carbocycles. The molecule has 3 aromatic rings. The molecule has 0 radical (unpaired) electrons. The molecule has 1 heterocycles. The molecule has 0 saturated carbocycles. The first kappa shape index (κ1) is 28.2. The third kappa shape index (κ3) is 6.98. The van der Waals surface area contributed by atoms with Gasteiger partial charge >= 0.3 is 23.8 Å². The van der Waals surface area contributed by atoms with E-state index in [1.807, 2.05) is 19.1 Å². The summed E-state index contributed by atoms with van der Waals surface area (Å²) in [6, 6.07) is 11.9. The Balaban J connectivity index is 1.44. The number of nitrogens with zero attached hydrogens (tertiary/aromatic N) is 1. The molecule has 2 amide bonds. The molecule has 0 saturated heterocycles. The first-order chi connectivity index (χ1) is 18.8. The van der Waals surface area contributed by atoms with Crippen LogP contribution in [0.15, 0.2) is 52.0 Å². The molecular formula is C28H26BrN3O6S. The van der Waals surface area contributed by atoms with Crippen LogP contribution in [0.1, 0.15) is 62.0 Å². The molecule has 9 nitrogen and oxygen atoms in total. The second kappa shape index (κ2) is 12.8. The van der Waals surface area contributed by atoms with Crippen molar-refractivity contribution in [2.45, 2.75) is 39.5 Å². The van der Waals surface area contributed by atoms with Gasteiger partial charge in [-0.15, -0.1) is 11.3 Å². The minimum atomic E-state index is -1.03. The zero-order valence-corrected chi connectivity index (χ0v) is 23.7. The highest BCUT2D eigenvalue weighted by molar-refractivity contribution is 9.10. The van der Waals surface area contributed by atoms with Crippen molar-refractivity contribution < 1.29 is 28.7 Å². The van der Waals surface area contributed by atoms with Crippen molar-refractivity contribution in [1.82, 2.24) is 5.43 Å². The smallest absolute Gasteiger partial charge is 0.343 e. The van der Waals surface area contributed by atoms with Gasteiger partial charge in [-0.3, -0.25) is 9.59 Å². The number of amides is 2. The normalized spacial score (nSPS) is 12.5. The van der Waals surface area contributed by atoms with E-state index >= 15 is 0 Å². The van der Waals surface area contributed by atoms with Crippen LogP contribution in [0, 0.1) is 6.92 Å². The molecule has 0 aliphatic heterocycles. The summed E-state index contributed by atoms with van der Waals surface area (Å²) in [4.78, 5) is 51.3. The minimum Gasteiger partial charge on any atom is -0.462 e. The fourth-order valence-corrected chi connectivity index (χ4v) is 5.66. The highest BCUT2D eigenvalue weighted by Gasteiger charge is 2.28. The van der Waals surface area contributed by atoms with E-state index in [4.69, 9.17) is 9.47 Å². The Hall–Kier alpha value is -3.83. The first-order valence-corrected chi connectivity index (χ1v) is 13.9. The van der Waals surface area contributed by atoms with Crippen molar-refractivity contribution >= 4 is 62.2 Å². The summed E-state index contributed by atoms with van der Waals surface area (Å²) in [6.45, 7) is 3.82. The number of anilines is 1. The number of fused-ring (bicyclic) bond motifs is 1. The molecule has 1 aliphatic rings. The average molecular weight is 613 g/mol. The van der Waals surface area contributed by atoms with Gasteiger partial charge in [0, 0.05) is 14.9 Å². The number of hydrazone groups is 1. The summed E-state index contributed by atoms with van der Waals surface area (Å²) < 4.78 is 11.4. The number of carbonyl (C=O) groups excluding carboxylic acids is 4. The third-order valence-corrected chi connectivity index (χ3v) is 7.62. The van der Waals surface area contributed by atoms with Crippen LogP contribution in [0.4, 0.5) is 5.00 Å². The van der Waals surface area contributed by atoms with Crippen molar-refractivity contribution in [2.75, 3.05) is 11.9 Å². The summed E-state index contributed by atoms with van der Waals surface area (Å²) >= 11 is 4.65. The number of hydrogen-bond donors (Lipinski definition) is 2. The van der Waals surface area contributed by atoms with Crippen LogP contribution in [-0.2, 0) is 27.2 Å². The van der Waals surface area contributed by atoms with Crippen LogP contribution in [0.2, 0.25) is 0 Å². The Morgan fingerprint density at radius 3 is 2.51 bits per heavy atom. The van der Waals surface area contributed by atoms with Crippen molar-refractivity contribution in [2.24, 2.45) is 5.10 Å². The van der Waals surface area contributed by atoms with Crippen LogP contribution in [0.3, 0.4) is 0 Å². The second-order valence-corrected chi connectivity index (χ2v) is 10.7. The molecule has 4 rings (SSSR count). The largest absolute Gasteiger partial charge is 0.462 e. The number of ether oxygens (including phenoxy) is 2. The van der Waals surface area contributed by atoms with Gasteiger partial charge in [0.1, 0.15) is 10.8 Å². The molecule has 2 aromatic carbocycles. The number of benzene rings is 2. The second-order valence-electron chi connectivity index (χ2n) is 8.73. The van der Waals surface area contributed by atoms with Gasteiger partial charge in [-0.2, -0.15) is 5.10 Å². The average Bonchev–Trinajstić information content (AvgIpc) is 3.28. The standard InChI is InChI=1S/C28H26BrN3O6S/c1-3-37-28(36)23-20-6-4-5-7-22(20)39-26(23)31-24(33)25(34)32-30-15-18-14-19(29)12-13-21(18)38-27(35)17-10-8-16(2)9-11-17/h8-15H,3-7H2,1-2H3,(H,31,33)(H,32,34)/b30-15-. The van der Waals surface area contributed by atoms with Crippen molar-refractivity contribution in [3.63, 3.8) is 0 Å². The fraction of sp³-hybridized carbons (Fsp3) is 0.250. The third-order valence-electron chi connectivity index (χ3n) is 5.92. The van der Waals surface area contributed by atoms with Crippen LogP contribution in [0.5, 0.6) is 5.75 Å². The SMILES string of the molecule is CCOC(=O)c1c(NC(=O)C(=O)N/N=C\c2cc(Br)ccc2OC(=O)c2ccc(C)cc2)sc2c1CCCC2. The number of hydrogen-bond acceptors (Lipinski definition) is 8. The van der Waals surface area contributed by atoms with Crippen molar-refractivity contribution in [1.29, 1.82) is 0 Å². The van der Waals surface area contributed by atoms with Crippen molar-refractivity contribution in [3.8, 4) is 5.75 Å². The number of rotatable bonds is 7. The predicted octanol–water partition coefficient (Wildman–Crippen LogP) is 5.18. The number of esters is 2. The quantitative estimate of drug-likeness (QED) is 0.125. The highest BCUT2D eigenvalue weighted by Crippen LogP contribution is 2.38. The van der Waals surface area contributed by atoms with Crippen LogP contribution >= 0.6 is 27.3 Å². The lowest BCUT2D eigenvalue weighted by atomic mass is 9.95. The number of thiophene rings is 1. The Kier molecular flexibility index (Phi) is 9.26. The molecule has 39 heavy (non-hydrogen) atoms. The summed E-state index contributed by atoms with van der Waals surface area (Å²) in [5.41, 5.74) is 5.15. The molecule has 0 fully saturated rings. The number of halogens is 1. The lowest BCUT2D eigenvalue weighted by molar-refractivity contribution is -0.136. The van der Waals surface area contributed by atoms with E-state index in [0.717, 1.165) is 41.7 Å². The Labute approximate surface area is 237 Å². The van der Waals surface area contributed by atoms with Gasteiger partial charge in [0.25, 0.3) is 0 Å². The van der Waals surface area contributed by atoms with E-state index in [-0.39, 0.29) is 12.4 Å². The Bertz CT molecular complexity index is 1450. The highest BCUT2D eigenvalue weighted by atomic mass is 79.9. The van der Waals surface area contributed by atoms with Gasteiger partial charge in [0.05, 0.1) is 23.9 Å². The lowest BCUT2D eigenvalue weighted by Gasteiger charge is -2.12. The maximum Gasteiger partial charge on any atom is 0.343 e. The molecule has 1 aromatic heterocycles. The maximum atomic E-state index is 12.6. The van der Waals surface area contributed by atoms with Gasteiger partial charge in [-0.05, 0) is 75.4 Å². The maximum absolute atomic E-state index is 12.6. The fourth-order valence-electron chi connectivity index (χ4n) is 4.01. The monoisotopic (exact) mass is 611 g/mol. The molecule has 11 heteroatoms. The van der Waals surface area contributed by atoms with E-state index < -0.39 is 23.8 Å². The van der Waals surface area contributed by atoms with Crippen LogP contribution in [0.25, 0.3) is 0 Å². The molecule has 0 atom stereocenters. The van der Waals surface area contributed by atoms with Crippen LogP contribution in [-0.4, -0.2) is 36.6 Å². The number of nitrogens with one attached hydrogen (secondary N) is 2. The molecule has 0 spiro atoms. The van der Waals surface area contributed by atoms with Gasteiger partial charge in [0.2, 0.25) is 0 Å². The summed E-state index contributed by atoms with van der Waals surface area (Å²) in [6.07, 6.45) is 4.73. The van der Waals surface area contributed by atoms with Crippen molar-refractivity contribution in [3.05, 3.63) is 79.6 Å². The van der Waals surface area contributed by atoms with E-state index in [0.29, 0.717) is 26.2 Å². The predicted molar refractivity (Wildman–Crippen MR) is 152 cm³/mol. The zero-order chi connectivity index (χ0) is 27.9. The summed E-state index contributed by atoms with van der Waals surface area (Å²) in [7, 11) is 0. The Morgan fingerprint density at radius 2 is 1.77 bits per heavy atom. The van der Waals surface area contributed by atoms with Gasteiger partial charge in [-0.1, -0.05) is 33.6 Å². The zero-order valence-electron chi connectivity index (χ0n) is 21.3. The van der Waals surface area contributed by atoms with E-state index in [9.17, 15) is 19.2 Å². The van der Waals surface area contributed by atoms with Gasteiger partial charge < -0.3 is 14.8 Å². The van der Waals surface area contributed by atoms with E-state index in [1.165, 1.54) is 17.6 Å². The molecule has 0 unspecified atom stereocenters. The topological polar surface area (TPSA) is 123 Å². The molecule has 2 N–H and O–H groups in total.